The molecule has 0 spiro atoms. The Kier molecular flexibility index (Phi) is 7.92. The molecule has 3 aromatic rings. The summed E-state index contributed by atoms with van der Waals surface area (Å²) < 4.78 is 38.3. The van der Waals surface area contributed by atoms with Crippen LogP contribution in [-0.4, -0.2) is 41.3 Å². The normalized spacial score (nSPS) is 11.2. The minimum Gasteiger partial charge on any atom is -0.493 e. The Morgan fingerprint density at radius 1 is 1.00 bits per heavy atom. The van der Waals surface area contributed by atoms with Crippen LogP contribution in [0, 0.1) is 0 Å². The monoisotopic (exact) mass is 487 g/mol. The molecule has 0 aliphatic rings. The van der Waals surface area contributed by atoms with Crippen molar-refractivity contribution in [3.05, 3.63) is 83.4 Å². The van der Waals surface area contributed by atoms with Crippen molar-refractivity contribution in [2.45, 2.75) is 4.90 Å². The van der Waals surface area contributed by atoms with Gasteiger partial charge in [-0.15, -0.1) is 0 Å². The second kappa shape index (κ2) is 10.8. The predicted molar refractivity (Wildman–Crippen MR) is 128 cm³/mol. The number of halogens is 1. The maximum absolute atomic E-state index is 13.4. The van der Waals surface area contributed by atoms with Gasteiger partial charge in [-0.2, -0.15) is 5.10 Å². The molecule has 1 N–H and O–H groups in total. The summed E-state index contributed by atoms with van der Waals surface area (Å²) in [5.41, 5.74) is 3.17. The first-order valence-electron chi connectivity index (χ1n) is 9.73. The number of nitrogens with one attached hydrogen (secondary N) is 1. The van der Waals surface area contributed by atoms with Gasteiger partial charge in [-0.1, -0.05) is 48.0 Å². The van der Waals surface area contributed by atoms with E-state index in [4.69, 9.17) is 21.1 Å². The number of hydrogen-bond donors (Lipinski definition) is 1. The van der Waals surface area contributed by atoms with Crippen LogP contribution < -0.4 is 19.2 Å². The van der Waals surface area contributed by atoms with Gasteiger partial charge in [0.2, 0.25) is 0 Å². The molecule has 3 aromatic carbocycles. The van der Waals surface area contributed by atoms with Gasteiger partial charge in [0.15, 0.2) is 11.5 Å². The largest absolute Gasteiger partial charge is 0.493 e. The average molecular weight is 488 g/mol. The first-order chi connectivity index (χ1) is 15.9. The summed E-state index contributed by atoms with van der Waals surface area (Å²) in [7, 11) is -1.16. The summed E-state index contributed by atoms with van der Waals surface area (Å²) in [5, 5.41) is 4.36. The third-order valence-electron chi connectivity index (χ3n) is 4.57. The highest BCUT2D eigenvalue weighted by molar-refractivity contribution is 7.92. The number of hydrogen-bond acceptors (Lipinski definition) is 6. The third-order valence-corrected chi connectivity index (χ3v) is 6.70. The van der Waals surface area contributed by atoms with E-state index in [-0.39, 0.29) is 10.6 Å². The quantitative estimate of drug-likeness (QED) is 0.366. The van der Waals surface area contributed by atoms with Crippen LogP contribution >= 0.6 is 11.6 Å². The van der Waals surface area contributed by atoms with Gasteiger partial charge in [-0.05, 0) is 30.3 Å². The number of benzene rings is 3. The van der Waals surface area contributed by atoms with Crippen LogP contribution in [0.15, 0.2) is 82.8 Å². The van der Waals surface area contributed by atoms with Crippen LogP contribution in [0.1, 0.15) is 5.56 Å². The van der Waals surface area contributed by atoms with Crippen molar-refractivity contribution in [3.63, 3.8) is 0 Å². The number of ether oxygens (including phenoxy) is 2. The summed E-state index contributed by atoms with van der Waals surface area (Å²) >= 11 is 6.07. The van der Waals surface area contributed by atoms with E-state index in [1.807, 2.05) is 0 Å². The van der Waals surface area contributed by atoms with Crippen LogP contribution in [0.4, 0.5) is 5.69 Å². The fourth-order valence-electron chi connectivity index (χ4n) is 2.93. The Balaban J connectivity index is 1.91. The van der Waals surface area contributed by atoms with Gasteiger partial charge in [-0.25, -0.2) is 13.8 Å². The molecule has 0 bridgehead atoms. The zero-order chi connectivity index (χ0) is 23.8. The lowest BCUT2D eigenvalue weighted by Gasteiger charge is -2.24. The summed E-state index contributed by atoms with van der Waals surface area (Å²) in [6, 6.07) is 19.4. The smallest absolute Gasteiger partial charge is 0.264 e. The predicted octanol–water partition coefficient (Wildman–Crippen LogP) is 3.70. The van der Waals surface area contributed by atoms with E-state index in [1.54, 1.807) is 48.5 Å². The Morgan fingerprint density at radius 3 is 2.33 bits per heavy atom. The first-order valence-corrected chi connectivity index (χ1v) is 11.5. The van der Waals surface area contributed by atoms with E-state index in [0.29, 0.717) is 22.1 Å². The van der Waals surface area contributed by atoms with Crippen molar-refractivity contribution in [3.8, 4) is 11.5 Å². The number of methoxy groups -OCH3 is 2. The molecule has 0 aromatic heterocycles. The molecule has 0 fully saturated rings. The van der Waals surface area contributed by atoms with Gasteiger partial charge in [-0.3, -0.25) is 9.10 Å². The Morgan fingerprint density at radius 2 is 1.67 bits per heavy atom. The van der Waals surface area contributed by atoms with Gasteiger partial charge in [0, 0.05) is 16.7 Å². The van der Waals surface area contributed by atoms with E-state index >= 15 is 0 Å². The van der Waals surface area contributed by atoms with Gasteiger partial charge in [0.25, 0.3) is 15.9 Å². The van der Waals surface area contributed by atoms with E-state index in [0.717, 1.165) is 4.31 Å². The number of hydrazone groups is 1. The summed E-state index contributed by atoms with van der Waals surface area (Å²) in [5.74, 6) is 0.0973. The molecule has 0 saturated carbocycles. The van der Waals surface area contributed by atoms with Crippen LogP contribution in [0.5, 0.6) is 11.5 Å². The van der Waals surface area contributed by atoms with Gasteiger partial charge < -0.3 is 9.47 Å². The molecule has 1 amide bonds. The molecule has 0 radical (unpaired) electrons. The van der Waals surface area contributed by atoms with Crippen molar-refractivity contribution in [1.82, 2.24) is 5.43 Å². The van der Waals surface area contributed by atoms with E-state index in [9.17, 15) is 13.2 Å². The molecule has 0 heterocycles. The number of nitrogens with zero attached hydrogens (tertiary/aromatic N) is 2. The summed E-state index contributed by atoms with van der Waals surface area (Å²) in [4.78, 5) is 12.7. The Bertz CT molecular complexity index is 1250. The van der Waals surface area contributed by atoms with E-state index < -0.39 is 22.5 Å². The van der Waals surface area contributed by atoms with Crippen LogP contribution in [0.3, 0.4) is 0 Å². The highest BCUT2D eigenvalue weighted by Crippen LogP contribution is 2.33. The number of sulfonamides is 1. The average Bonchev–Trinajstić information content (AvgIpc) is 2.83. The molecular formula is C23H22ClN3O5S. The lowest BCUT2D eigenvalue weighted by Crippen LogP contribution is -2.39. The molecule has 10 heteroatoms. The van der Waals surface area contributed by atoms with Gasteiger partial charge in [0.1, 0.15) is 6.54 Å². The second-order valence-corrected chi connectivity index (χ2v) is 8.95. The van der Waals surface area contributed by atoms with Gasteiger partial charge in [0.05, 0.1) is 31.0 Å². The van der Waals surface area contributed by atoms with Gasteiger partial charge >= 0.3 is 0 Å². The molecule has 0 aliphatic heterocycles. The van der Waals surface area contributed by atoms with E-state index in [1.165, 1.54) is 44.7 Å². The lowest BCUT2D eigenvalue weighted by molar-refractivity contribution is -0.119. The Hall–Kier alpha value is -3.56. The van der Waals surface area contributed by atoms with Crippen molar-refractivity contribution in [2.75, 3.05) is 25.1 Å². The van der Waals surface area contributed by atoms with Crippen LogP contribution in [0.2, 0.25) is 5.02 Å². The lowest BCUT2D eigenvalue weighted by atomic mass is 10.2. The van der Waals surface area contributed by atoms with Crippen molar-refractivity contribution < 1.29 is 22.7 Å². The summed E-state index contributed by atoms with van der Waals surface area (Å²) in [6.45, 7) is -0.521. The molecular weight excluding hydrogens is 466 g/mol. The number of carbonyl (C=O) groups is 1. The van der Waals surface area contributed by atoms with Crippen molar-refractivity contribution in [1.29, 1.82) is 0 Å². The number of anilines is 1. The molecule has 0 aliphatic carbocycles. The van der Waals surface area contributed by atoms with E-state index in [2.05, 4.69) is 10.5 Å². The van der Waals surface area contributed by atoms with Crippen molar-refractivity contribution in [2.24, 2.45) is 5.10 Å². The SMILES string of the molecule is COc1ccc(N(CC(=O)N/N=C\c2ccccc2Cl)S(=O)(=O)c2ccccc2)cc1OC. The zero-order valence-electron chi connectivity index (χ0n) is 17.9. The fraction of sp³-hybridized carbons (Fsp3) is 0.130. The molecule has 8 nitrogen and oxygen atoms in total. The molecule has 33 heavy (non-hydrogen) atoms. The van der Waals surface area contributed by atoms with Crippen molar-refractivity contribution >= 4 is 39.4 Å². The second-order valence-electron chi connectivity index (χ2n) is 6.68. The molecule has 0 unspecified atom stereocenters. The molecule has 172 valence electrons. The number of amides is 1. The first kappa shape index (κ1) is 24.1. The number of rotatable bonds is 9. The van der Waals surface area contributed by atoms with Crippen LogP contribution in [0.25, 0.3) is 0 Å². The molecule has 3 rings (SSSR count). The standard InChI is InChI=1S/C23H22ClN3O5S/c1-31-21-13-12-18(14-22(21)32-2)27(33(29,30)19-9-4-3-5-10-19)16-23(28)26-25-15-17-8-6-7-11-20(17)24/h3-15H,16H2,1-2H3,(H,26,28)/b25-15-. The topological polar surface area (TPSA) is 97.3 Å². The fourth-order valence-corrected chi connectivity index (χ4v) is 4.55. The highest BCUT2D eigenvalue weighted by atomic mass is 35.5. The highest BCUT2D eigenvalue weighted by Gasteiger charge is 2.28. The third kappa shape index (κ3) is 5.82. The minimum atomic E-state index is -4.07. The minimum absolute atomic E-state index is 0.0344. The van der Waals surface area contributed by atoms with Crippen LogP contribution in [-0.2, 0) is 14.8 Å². The Labute approximate surface area is 197 Å². The summed E-state index contributed by atoms with van der Waals surface area (Å²) in [6.07, 6.45) is 1.38. The molecule has 0 saturated heterocycles. The number of carbonyl (C=O) groups excluding carboxylic acids is 1. The molecule has 0 atom stereocenters. The maximum atomic E-state index is 13.4. The maximum Gasteiger partial charge on any atom is 0.264 e. The zero-order valence-corrected chi connectivity index (χ0v) is 19.5.